The lowest BCUT2D eigenvalue weighted by atomic mass is 10.4. The van der Waals surface area contributed by atoms with Gasteiger partial charge in [0.2, 0.25) is 0 Å². The highest BCUT2D eigenvalue weighted by molar-refractivity contribution is 7.85. The molecule has 1 saturated heterocycles. The predicted octanol–water partition coefficient (Wildman–Crippen LogP) is -0.622. The third-order valence-corrected chi connectivity index (χ3v) is 0.957. The van der Waals surface area contributed by atoms with Gasteiger partial charge in [0.05, 0.1) is 12.5 Å². The van der Waals surface area contributed by atoms with E-state index in [9.17, 15) is 16.8 Å². The van der Waals surface area contributed by atoms with E-state index in [4.69, 9.17) is 9.11 Å². The van der Waals surface area contributed by atoms with Crippen LogP contribution in [0.5, 0.6) is 0 Å². The van der Waals surface area contributed by atoms with Crippen molar-refractivity contribution in [3.63, 3.8) is 0 Å². The normalized spacial score (nSPS) is 15.7. The molecular formula is C6H17NO6S2. The summed E-state index contributed by atoms with van der Waals surface area (Å²) in [6.07, 6.45) is 4.21. The maximum Gasteiger partial charge on any atom is 0.261 e. The van der Waals surface area contributed by atoms with Crippen LogP contribution in [-0.4, -0.2) is 51.5 Å². The zero-order valence-electron chi connectivity index (χ0n) is 8.67. The Morgan fingerprint density at radius 3 is 1.13 bits per heavy atom. The molecule has 9 heteroatoms. The molecule has 1 heterocycles. The molecule has 3 N–H and O–H groups in total. The van der Waals surface area contributed by atoms with Gasteiger partial charge in [0, 0.05) is 0 Å². The molecule has 94 valence electrons. The molecular weight excluding hydrogens is 246 g/mol. The predicted molar refractivity (Wildman–Crippen MR) is 57.0 cm³/mol. The van der Waals surface area contributed by atoms with Crippen molar-refractivity contribution in [1.29, 1.82) is 0 Å². The maximum absolute atomic E-state index is 9.19. The van der Waals surface area contributed by atoms with Gasteiger partial charge in [-0.2, -0.15) is 16.8 Å². The van der Waals surface area contributed by atoms with Gasteiger partial charge in [0.1, 0.15) is 0 Å². The summed E-state index contributed by atoms with van der Waals surface area (Å²) in [7, 11) is -7.33. The average Bonchev–Trinajstić information content (AvgIpc) is 2.28. The third-order valence-electron chi connectivity index (χ3n) is 0.957. The highest BCUT2D eigenvalue weighted by Gasteiger charge is 1.93. The van der Waals surface area contributed by atoms with E-state index in [2.05, 4.69) is 5.32 Å². The van der Waals surface area contributed by atoms with Crippen LogP contribution in [0.15, 0.2) is 0 Å². The maximum atomic E-state index is 9.19. The van der Waals surface area contributed by atoms with E-state index < -0.39 is 20.2 Å². The Bertz CT molecular complexity index is 275. The summed E-state index contributed by atoms with van der Waals surface area (Å²) in [5.41, 5.74) is 0. The molecule has 1 fully saturated rings. The molecule has 15 heavy (non-hydrogen) atoms. The number of hydrogen-bond acceptors (Lipinski definition) is 5. The molecule has 0 amide bonds. The second-order valence-corrected chi connectivity index (χ2v) is 5.86. The fourth-order valence-corrected chi connectivity index (χ4v) is 0.625. The third kappa shape index (κ3) is 83.7. The minimum absolute atomic E-state index is 0.715. The number of nitrogens with one attached hydrogen (secondary N) is 1. The summed E-state index contributed by atoms with van der Waals surface area (Å²) in [6, 6.07) is 0. The molecule has 0 aromatic rings. The van der Waals surface area contributed by atoms with Gasteiger partial charge >= 0.3 is 0 Å². The Labute approximate surface area is 90.4 Å². The molecule has 7 nitrogen and oxygen atoms in total. The lowest BCUT2D eigenvalue weighted by Crippen LogP contribution is -2.03. The Morgan fingerprint density at radius 1 is 0.867 bits per heavy atom. The van der Waals surface area contributed by atoms with Crippen LogP contribution in [0.1, 0.15) is 12.8 Å². The smallest absolute Gasteiger partial charge is 0.261 e. The van der Waals surface area contributed by atoms with Crippen LogP contribution >= 0.6 is 0 Å². The van der Waals surface area contributed by atoms with Gasteiger partial charge in [-0.25, -0.2) is 0 Å². The van der Waals surface area contributed by atoms with E-state index in [0.717, 1.165) is 0 Å². The first-order chi connectivity index (χ1) is 6.50. The molecule has 0 saturated carbocycles. The molecule has 0 spiro atoms. The largest absolute Gasteiger partial charge is 0.317 e. The van der Waals surface area contributed by atoms with E-state index in [1.54, 1.807) is 0 Å². The number of rotatable bonds is 0. The molecule has 1 rings (SSSR count). The van der Waals surface area contributed by atoms with Crippen molar-refractivity contribution < 1.29 is 25.9 Å². The minimum atomic E-state index is -3.67. The van der Waals surface area contributed by atoms with Crippen molar-refractivity contribution in [2.24, 2.45) is 0 Å². The van der Waals surface area contributed by atoms with Crippen LogP contribution in [0, 0.1) is 0 Å². The molecule has 0 atom stereocenters. The minimum Gasteiger partial charge on any atom is -0.317 e. The second-order valence-electron chi connectivity index (χ2n) is 2.92. The van der Waals surface area contributed by atoms with Crippen molar-refractivity contribution in [2.75, 3.05) is 25.6 Å². The van der Waals surface area contributed by atoms with Gasteiger partial charge in [-0.05, 0) is 25.9 Å². The average molecular weight is 263 g/mol. The van der Waals surface area contributed by atoms with Gasteiger partial charge < -0.3 is 5.32 Å². The highest BCUT2D eigenvalue weighted by atomic mass is 32.2. The van der Waals surface area contributed by atoms with E-state index in [1.165, 1.54) is 25.9 Å². The Hall–Kier alpha value is -0.220. The summed E-state index contributed by atoms with van der Waals surface area (Å²) in [6.45, 7) is 2.50. The molecule has 1 aliphatic rings. The molecule has 1 aliphatic heterocycles. The monoisotopic (exact) mass is 263 g/mol. The van der Waals surface area contributed by atoms with Crippen LogP contribution in [0.3, 0.4) is 0 Å². The Morgan fingerprint density at radius 2 is 1.07 bits per heavy atom. The second kappa shape index (κ2) is 7.99. The Balaban J connectivity index is 0. The first-order valence-electron chi connectivity index (χ1n) is 4.06. The van der Waals surface area contributed by atoms with Crippen molar-refractivity contribution in [3.05, 3.63) is 0 Å². The standard InChI is InChI=1S/C4H9N.2CH4O3S/c1-2-4-5-3-1;2*1-5(2,3)4/h5H,1-4H2;2*1H3,(H,2,3,4). The Kier molecular flexibility index (Phi) is 9.16. The summed E-state index contributed by atoms with van der Waals surface area (Å²) in [5, 5.41) is 3.22. The van der Waals surface area contributed by atoms with Gasteiger partial charge in [-0.3, -0.25) is 9.11 Å². The van der Waals surface area contributed by atoms with E-state index >= 15 is 0 Å². The van der Waals surface area contributed by atoms with Gasteiger partial charge in [-0.1, -0.05) is 0 Å². The topological polar surface area (TPSA) is 121 Å². The van der Waals surface area contributed by atoms with Crippen molar-refractivity contribution in [3.8, 4) is 0 Å². The van der Waals surface area contributed by atoms with Crippen molar-refractivity contribution >= 4 is 20.2 Å². The van der Waals surface area contributed by atoms with Crippen molar-refractivity contribution in [1.82, 2.24) is 5.32 Å². The summed E-state index contributed by atoms with van der Waals surface area (Å²) < 4.78 is 51.7. The quantitative estimate of drug-likeness (QED) is 0.498. The van der Waals surface area contributed by atoms with Gasteiger partial charge in [0.25, 0.3) is 20.2 Å². The van der Waals surface area contributed by atoms with Crippen LogP contribution in [0.4, 0.5) is 0 Å². The van der Waals surface area contributed by atoms with E-state index in [-0.39, 0.29) is 0 Å². The van der Waals surface area contributed by atoms with Crippen LogP contribution in [0.2, 0.25) is 0 Å². The van der Waals surface area contributed by atoms with Crippen LogP contribution < -0.4 is 5.32 Å². The first-order valence-corrected chi connectivity index (χ1v) is 7.75. The summed E-state index contributed by atoms with van der Waals surface area (Å²) in [4.78, 5) is 0. The molecule has 0 aliphatic carbocycles. The fourth-order valence-electron chi connectivity index (χ4n) is 0.625. The van der Waals surface area contributed by atoms with Crippen molar-refractivity contribution in [2.45, 2.75) is 12.8 Å². The lowest BCUT2D eigenvalue weighted by Gasteiger charge is -1.76. The van der Waals surface area contributed by atoms with Crippen LogP contribution in [0.25, 0.3) is 0 Å². The van der Waals surface area contributed by atoms with Gasteiger partial charge in [-0.15, -0.1) is 0 Å². The molecule has 0 unspecified atom stereocenters. The molecule has 0 aromatic carbocycles. The SMILES string of the molecule is C1CCNC1.CS(=O)(=O)O.CS(=O)(=O)O. The zero-order valence-corrected chi connectivity index (χ0v) is 10.3. The fraction of sp³-hybridized carbons (Fsp3) is 1.00. The van der Waals surface area contributed by atoms with E-state index in [1.807, 2.05) is 0 Å². The molecule has 0 bridgehead atoms. The lowest BCUT2D eigenvalue weighted by molar-refractivity contribution is 0.488. The summed E-state index contributed by atoms with van der Waals surface area (Å²) in [5.74, 6) is 0. The highest BCUT2D eigenvalue weighted by Crippen LogP contribution is 1.90. The molecule has 0 radical (unpaired) electrons. The van der Waals surface area contributed by atoms with Gasteiger partial charge in [0.15, 0.2) is 0 Å². The molecule has 0 aromatic heterocycles. The summed E-state index contributed by atoms with van der Waals surface area (Å²) >= 11 is 0. The van der Waals surface area contributed by atoms with Crippen LogP contribution in [-0.2, 0) is 20.2 Å². The zero-order chi connectivity index (χ0) is 12.5. The van der Waals surface area contributed by atoms with E-state index in [0.29, 0.717) is 12.5 Å². The first kappa shape index (κ1) is 17.2. The number of hydrogen-bond donors (Lipinski definition) is 3.